The van der Waals surface area contributed by atoms with Gasteiger partial charge in [-0.15, -0.1) is 11.8 Å². The van der Waals surface area contributed by atoms with E-state index in [1.54, 1.807) is 30.0 Å². The van der Waals surface area contributed by atoms with Crippen LogP contribution < -0.4 is 0 Å². The maximum absolute atomic E-state index is 11.2. The van der Waals surface area contributed by atoms with Gasteiger partial charge in [-0.05, 0) is 47.9 Å². The number of hydrogen-bond acceptors (Lipinski definition) is 4. The molecule has 0 fully saturated rings. The van der Waals surface area contributed by atoms with Gasteiger partial charge in [0, 0.05) is 5.75 Å². The van der Waals surface area contributed by atoms with Gasteiger partial charge in [0.2, 0.25) is 0 Å². The van der Waals surface area contributed by atoms with E-state index in [0.29, 0.717) is 17.0 Å². The van der Waals surface area contributed by atoms with Crippen LogP contribution in [-0.4, -0.2) is 20.5 Å². The van der Waals surface area contributed by atoms with Crippen LogP contribution in [0.25, 0.3) is 16.7 Å². The van der Waals surface area contributed by atoms with Gasteiger partial charge in [-0.1, -0.05) is 31.2 Å². The second-order valence-corrected chi connectivity index (χ2v) is 7.40. The smallest absolute Gasteiger partial charge is 0.335 e. The molecule has 0 aliphatic carbocycles. The molecule has 0 aliphatic heterocycles. The molecule has 138 valence electrons. The maximum atomic E-state index is 11.2. The lowest BCUT2D eigenvalue weighted by Crippen LogP contribution is -2.00. The molecule has 5 nitrogen and oxygen atoms in total. The summed E-state index contributed by atoms with van der Waals surface area (Å²) in [7, 11) is 0. The van der Waals surface area contributed by atoms with Crippen LogP contribution >= 0.6 is 11.8 Å². The highest BCUT2D eigenvalue weighted by Crippen LogP contribution is 2.31. The summed E-state index contributed by atoms with van der Waals surface area (Å²) < 4.78 is 2.03. The van der Waals surface area contributed by atoms with Crippen molar-refractivity contribution in [3.63, 3.8) is 0 Å². The molecule has 0 saturated heterocycles. The Balaban J connectivity index is 1.83. The van der Waals surface area contributed by atoms with Crippen molar-refractivity contribution in [3.8, 4) is 6.07 Å². The summed E-state index contributed by atoms with van der Waals surface area (Å²) in [6, 6.07) is 19.2. The number of imidazole rings is 1. The molecule has 6 heteroatoms. The van der Waals surface area contributed by atoms with E-state index in [-0.39, 0.29) is 5.56 Å². The summed E-state index contributed by atoms with van der Waals surface area (Å²) >= 11 is 1.61. The van der Waals surface area contributed by atoms with Crippen molar-refractivity contribution < 1.29 is 9.90 Å². The summed E-state index contributed by atoms with van der Waals surface area (Å²) in [4.78, 5) is 15.9. The molecule has 28 heavy (non-hydrogen) atoms. The van der Waals surface area contributed by atoms with E-state index in [0.717, 1.165) is 33.6 Å². The Morgan fingerprint density at radius 1 is 1.21 bits per heavy atom. The molecule has 0 bridgehead atoms. The molecule has 2 heterocycles. The first kappa shape index (κ1) is 18.1. The third-order valence-electron chi connectivity index (χ3n) is 4.68. The number of aryl methyl sites for hydroxylation is 1. The standard InChI is InChI=1S/C22H17N3O2S/c1-2-15-11-20(28-13-14-6-5-7-16(10-14)22(26)27)25-19-9-4-3-8-18(19)24-21(25)17(15)12-23/h3-11H,2,13H2,1H3,(H,26,27). The molecule has 0 saturated carbocycles. The number of benzene rings is 2. The highest BCUT2D eigenvalue weighted by atomic mass is 32.2. The van der Waals surface area contributed by atoms with Crippen molar-refractivity contribution in [2.45, 2.75) is 24.1 Å². The molecular formula is C22H17N3O2S. The van der Waals surface area contributed by atoms with Crippen LogP contribution in [0.1, 0.15) is 34.0 Å². The fourth-order valence-corrected chi connectivity index (χ4v) is 4.34. The van der Waals surface area contributed by atoms with Gasteiger partial charge in [0.05, 0.1) is 27.2 Å². The predicted octanol–water partition coefficient (Wildman–Crippen LogP) is 4.91. The minimum atomic E-state index is -0.929. The lowest BCUT2D eigenvalue weighted by atomic mass is 10.1. The zero-order valence-corrected chi connectivity index (χ0v) is 16.0. The highest BCUT2D eigenvalue weighted by Gasteiger charge is 2.16. The number of aromatic nitrogens is 2. The van der Waals surface area contributed by atoms with E-state index in [9.17, 15) is 15.2 Å². The first-order valence-electron chi connectivity index (χ1n) is 8.90. The minimum Gasteiger partial charge on any atom is -0.478 e. The molecule has 0 spiro atoms. The van der Waals surface area contributed by atoms with E-state index < -0.39 is 5.97 Å². The average molecular weight is 387 g/mol. The number of carbonyl (C=O) groups is 1. The Bertz CT molecular complexity index is 1250. The normalized spacial score (nSPS) is 11.0. The zero-order chi connectivity index (χ0) is 19.7. The molecule has 0 aliphatic rings. The summed E-state index contributed by atoms with van der Waals surface area (Å²) in [5.74, 6) is -0.306. The van der Waals surface area contributed by atoms with Crippen molar-refractivity contribution in [2.24, 2.45) is 0 Å². The zero-order valence-electron chi connectivity index (χ0n) is 15.2. The van der Waals surface area contributed by atoms with E-state index in [2.05, 4.69) is 6.07 Å². The number of aromatic carboxylic acids is 1. The summed E-state index contributed by atoms with van der Waals surface area (Å²) in [6.45, 7) is 2.03. The number of thioether (sulfide) groups is 1. The fourth-order valence-electron chi connectivity index (χ4n) is 3.30. The van der Waals surface area contributed by atoms with Gasteiger partial charge in [-0.3, -0.25) is 4.40 Å². The topological polar surface area (TPSA) is 78.4 Å². The largest absolute Gasteiger partial charge is 0.478 e. The molecule has 0 amide bonds. The monoisotopic (exact) mass is 387 g/mol. The van der Waals surface area contributed by atoms with Gasteiger partial charge in [0.1, 0.15) is 6.07 Å². The molecule has 4 aromatic rings. The van der Waals surface area contributed by atoms with Gasteiger partial charge < -0.3 is 5.11 Å². The van der Waals surface area contributed by atoms with Gasteiger partial charge in [0.25, 0.3) is 0 Å². The summed E-state index contributed by atoms with van der Waals surface area (Å²) in [5, 5.41) is 19.9. The van der Waals surface area contributed by atoms with E-state index in [4.69, 9.17) is 4.98 Å². The number of pyridine rings is 1. The molecule has 2 aromatic carbocycles. The van der Waals surface area contributed by atoms with Crippen LogP contribution in [0.15, 0.2) is 59.6 Å². The van der Waals surface area contributed by atoms with Crippen LogP contribution in [0.3, 0.4) is 0 Å². The first-order valence-corrected chi connectivity index (χ1v) is 9.89. The first-order chi connectivity index (χ1) is 13.6. The molecule has 0 atom stereocenters. The molecular weight excluding hydrogens is 370 g/mol. The quantitative estimate of drug-likeness (QED) is 0.492. The third kappa shape index (κ3) is 3.10. The maximum Gasteiger partial charge on any atom is 0.335 e. The van der Waals surface area contributed by atoms with Crippen LogP contribution in [0.2, 0.25) is 0 Å². The van der Waals surface area contributed by atoms with Crippen LogP contribution in [0.4, 0.5) is 0 Å². The van der Waals surface area contributed by atoms with Crippen molar-refractivity contribution in [1.82, 2.24) is 9.38 Å². The second kappa shape index (κ2) is 7.37. The van der Waals surface area contributed by atoms with Gasteiger partial charge in [-0.2, -0.15) is 5.26 Å². The Morgan fingerprint density at radius 3 is 2.79 bits per heavy atom. The predicted molar refractivity (Wildman–Crippen MR) is 110 cm³/mol. The number of carboxylic acid groups (broad SMARTS) is 1. The highest BCUT2D eigenvalue weighted by molar-refractivity contribution is 7.98. The van der Waals surface area contributed by atoms with E-state index in [1.165, 1.54) is 0 Å². The summed E-state index contributed by atoms with van der Waals surface area (Å²) in [5.41, 5.74) is 5.27. The number of hydrogen-bond donors (Lipinski definition) is 1. The Kier molecular flexibility index (Phi) is 4.76. The summed E-state index contributed by atoms with van der Waals surface area (Å²) in [6.07, 6.45) is 0.741. The van der Waals surface area contributed by atoms with E-state index >= 15 is 0 Å². The van der Waals surface area contributed by atoms with Crippen LogP contribution in [-0.2, 0) is 12.2 Å². The molecule has 1 N–H and O–H groups in total. The Morgan fingerprint density at radius 2 is 2.04 bits per heavy atom. The molecule has 0 unspecified atom stereocenters. The molecule has 0 radical (unpaired) electrons. The van der Waals surface area contributed by atoms with Gasteiger partial charge in [-0.25, -0.2) is 9.78 Å². The minimum absolute atomic E-state index is 0.283. The number of nitrogens with zero attached hydrogens (tertiary/aromatic N) is 3. The molecule has 2 aromatic heterocycles. The number of para-hydroxylation sites is 2. The van der Waals surface area contributed by atoms with Crippen molar-refractivity contribution in [3.05, 3.63) is 76.9 Å². The van der Waals surface area contributed by atoms with Gasteiger partial charge >= 0.3 is 5.97 Å². The molecule has 4 rings (SSSR count). The number of carboxylic acids is 1. The Hall–Kier alpha value is -3.30. The number of nitriles is 1. The SMILES string of the molecule is CCc1cc(SCc2cccc(C(=O)O)c2)n2c(nc3ccccc32)c1C#N. The van der Waals surface area contributed by atoms with Crippen LogP contribution in [0.5, 0.6) is 0 Å². The van der Waals surface area contributed by atoms with Crippen molar-refractivity contribution in [2.75, 3.05) is 0 Å². The van der Waals surface area contributed by atoms with E-state index in [1.807, 2.05) is 47.7 Å². The van der Waals surface area contributed by atoms with Crippen molar-refractivity contribution in [1.29, 1.82) is 5.26 Å². The average Bonchev–Trinajstić information content (AvgIpc) is 3.11. The van der Waals surface area contributed by atoms with Crippen molar-refractivity contribution >= 4 is 34.4 Å². The fraction of sp³-hybridized carbons (Fsp3) is 0.136. The Labute approximate surface area is 166 Å². The number of rotatable bonds is 5. The number of fused-ring (bicyclic) bond motifs is 3. The van der Waals surface area contributed by atoms with Gasteiger partial charge in [0.15, 0.2) is 5.65 Å². The lowest BCUT2D eigenvalue weighted by molar-refractivity contribution is 0.0697. The lowest BCUT2D eigenvalue weighted by Gasteiger charge is -2.11. The second-order valence-electron chi connectivity index (χ2n) is 6.40. The third-order valence-corrected chi connectivity index (χ3v) is 5.75. The van der Waals surface area contributed by atoms with Crippen LogP contribution in [0, 0.1) is 11.3 Å².